The van der Waals surface area contributed by atoms with Gasteiger partial charge in [0.05, 0.1) is 15.6 Å². The SMILES string of the molecule is CC(C)CNC(=O)[C@@H](C)N(Cc1cccc(Cl)c1)C(=O)CN(c1ccc(F)c(Cl)c1)S(=O)(=O)c1ccccc1. The highest BCUT2D eigenvalue weighted by atomic mass is 35.5. The summed E-state index contributed by atoms with van der Waals surface area (Å²) in [5.41, 5.74) is 0.653. The second-order valence-electron chi connectivity index (χ2n) is 9.39. The molecule has 0 aliphatic heterocycles. The molecular weight excluding hydrogens is 564 g/mol. The van der Waals surface area contributed by atoms with Crippen molar-refractivity contribution >= 4 is 50.7 Å². The first-order valence-corrected chi connectivity index (χ1v) is 14.4. The number of benzene rings is 3. The summed E-state index contributed by atoms with van der Waals surface area (Å²) in [6, 6.07) is 16.8. The van der Waals surface area contributed by atoms with Gasteiger partial charge in [0.2, 0.25) is 11.8 Å². The Labute approximate surface area is 238 Å². The van der Waals surface area contributed by atoms with E-state index in [4.69, 9.17) is 23.2 Å². The smallest absolute Gasteiger partial charge is 0.264 e. The largest absolute Gasteiger partial charge is 0.354 e. The molecule has 3 rings (SSSR count). The first kappa shape index (κ1) is 30.4. The van der Waals surface area contributed by atoms with Crippen molar-refractivity contribution in [2.75, 3.05) is 17.4 Å². The van der Waals surface area contributed by atoms with E-state index in [1.54, 1.807) is 49.4 Å². The van der Waals surface area contributed by atoms with Crippen LogP contribution in [0, 0.1) is 11.7 Å². The van der Waals surface area contributed by atoms with E-state index in [-0.39, 0.29) is 34.0 Å². The molecule has 1 N–H and O–H groups in total. The summed E-state index contributed by atoms with van der Waals surface area (Å²) in [5, 5.41) is 2.97. The van der Waals surface area contributed by atoms with Crippen molar-refractivity contribution < 1.29 is 22.4 Å². The van der Waals surface area contributed by atoms with Gasteiger partial charge >= 0.3 is 0 Å². The molecule has 0 heterocycles. The lowest BCUT2D eigenvalue weighted by molar-refractivity contribution is -0.139. The lowest BCUT2D eigenvalue weighted by atomic mass is 10.1. The van der Waals surface area contributed by atoms with E-state index >= 15 is 0 Å². The molecule has 0 aliphatic carbocycles. The van der Waals surface area contributed by atoms with Gasteiger partial charge in [-0.05, 0) is 60.9 Å². The van der Waals surface area contributed by atoms with Gasteiger partial charge in [0.25, 0.3) is 10.0 Å². The predicted octanol–water partition coefficient (Wildman–Crippen LogP) is 5.52. The van der Waals surface area contributed by atoms with Crippen LogP contribution in [-0.2, 0) is 26.2 Å². The van der Waals surface area contributed by atoms with E-state index in [1.807, 2.05) is 13.8 Å². The number of carbonyl (C=O) groups excluding carboxylic acids is 2. The molecule has 1 atom stereocenters. The number of hydrogen-bond donors (Lipinski definition) is 1. The van der Waals surface area contributed by atoms with Crippen LogP contribution in [0.15, 0.2) is 77.7 Å². The van der Waals surface area contributed by atoms with E-state index in [0.717, 1.165) is 16.4 Å². The number of anilines is 1. The van der Waals surface area contributed by atoms with Gasteiger partial charge in [0.15, 0.2) is 0 Å². The fourth-order valence-corrected chi connectivity index (χ4v) is 5.57. The standard InChI is InChI=1S/C28H30Cl2FN3O4S/c1-19(2)16-32-28(36)20(3)33(17-21-8-7-9-22(29)14-21)27(35)18-34(23-12-13-26(31)25(30)15-23)39(37,38)24-10-5-4-6-11-24/h4-15,19-20H,16-18H2,1-3H3,(H,32,36)/t20-/m1/s1. The van der Waals surface area contributed by atoms with E-state index in [0.29, 0.717) is 17.1 Å². The van der Waals surface area contributed by atoms with Crippen molar-refractivity contribution in [3.8, 4) is 0 Å². The minimum Gasteiger partial charge on any atom is -0.354 e. The molecule has 0 unspecified atom stereocenters. The fourth-order valence-electron chi connectivity index (χ4n) is 3.76. The Balaban J connectivity index is 2.03. The zero-order chi connectivity index (χ0) is 28.7. The van der Waals surface area contributed by atoms with E-state index in [2.05, 4.69) is 5.32 Å². The molecule has 3 aromatic rings. The molecule has 208 valence electrons. The summed E-state index contributed by atoms with van der Waals surface area (Å²) >= 11 is 12.1. The minimum absolute atomic E-state index is 0.000935. The first-order chi connectivity index (χ1) is 18.4. The Bertz CT molecular complexity index is 1420. The van der Waals surface area contributed by atoms with Gasteiger partial charge < -0.3 is 10.2 Å². The molecule has 0 saturated heterocycles. The summed E-state index contributed by atoms with van der Waals surface area (Å²) in [6.07, 6.45) is 0. The Hall–Kier alpha value is -3.14. The summed E-state index contributed by atoms with van der Waals surface area (Å²) in [7, 11) is -4.28. The summed E-state index contributed by atoms with van der Waals surface area (Å²) < 4.78 is 42.2. The third-order valence-corrected chi connectivity index (χ3v) is 8.21. The van der Waals surface area contributed by atoms with Crippen molar-refractivity contribution in [3.05, 3.63) is 94.2 Å². The quantitative estimate of drug-likeness (QED) is 0.317. The summed E-state index contributed by atoms with van der Waals surface area (Å²) in [6.45, 7) is 5.20. The van der Waals surface area contributed by atoms with Crippen LogP contribution < -0.4 is 9.62 Å². The number of carbonyl (C=O) groups is 2. The highest BCUT2D eigenvalue weighted by molar-refractivity contribution is 7.92. The van der Waals surface area contributed by atoms with Gasteiger partial charge in [0, 0.05) is 18.1 Å². The van der Waals surface area contributed by atoms with Gasteiger partial charge in [-0.2, -0.15) is 0 Å². The van der Waals surface area contributed by atoms with Crippen molar-refractivity contribution in [2.45, 2.75) is 38.3 Å². The van der Waals surface area contributed by atoms with Crippen LogP contribution in [0.2, 0.25) is 10.0 Å². The Kier molecular flexibility index (Phi) is 10.4. The monoisotopic (exact) mass is 593 g/mol. The zero-order valence-corrected chi connectivity index (χ0v) is 24.1. The molecule has 2 amide bonds. The highest BCUT2D eigenvalue weighted by Gasteiger charge is 2.32. The zero-order valence-electron chi connectivity index (χ0n) is 21.8. The van der Waals surface area contributed by atoms with Crippen molar-refractivity contribution in [1.29, 1.82) is 0 Å². The maximum atomic E-state index is 13.9. The number of hydrogen-bond acceptors (Lipinski definition) is 4. The molecule has 0 aliphatic rings. The average Bonchev–Trinajstić information content (AvgIpc) is 2.90. The maximum Gasteiger partial charge on any atom is 0.264 e. The second kappa shape index (κ2) is 13.3. The second-order valence-corrected chi connectivity index (χ2v) is 12.1. The summed E-state index contributed by atoms with van der Waals surface area (Å²) in [4.78, 5) is 28.0. The molecule has 0 radical (unpaired) electrons. The highest BCUT2D eigenvalue weighted by Crippen LogP contribution is 2.28. The van der Waals surface area contributed by atoms with Crippen LogP contribution in [0.3, 0.4) is 0 Å². The molecule has 3 aromatic carbocycles. The van der Waals surface area contributed by atoms with E-state index in [9.17, 15) is 22.4 Å². The third-order valence-electron chi connectivity index (χ3n) is 5.90. The molecule has 0 fully saturated rings. The van der Waals surface area contributed by atoms with Crippen LogP contribution in [0.25, 0.3) is 0 Å². The van der Waals surface area contributed by atoms with Crippen molar-refractivity contribution in [1.82, 2.24) is 10.2 Å². The van der Waals surface area contributed by atoms with Gasteiger partial charge in [-0.25, -0.2) is 12.8 Å². The molecular formula is C28H30Cl2FN3O4S. The lowest BCUT2D eigenvalue weighted by Crippen LogP contribution is -2.51. The number of amides is 2. The Morgan fingerprint density at radius 2 is 1.64 bits per heavy atom. The van der Waals surface area contributed by atoms with Crippen molar-refractivity contribution in [2.24, 2.45) is 5.92 Å². The Morgan fingerprint density at radius 1 is 0.949 bits per heavy atom. The minimum atomic E-state index is -4.28. The number of sulfonamides is 1. The fraction of sp³-hybridized carbons (Fsp3) is 0.286. The van der Waals surface area contributed by atoms with Gasteiger partial charge in [-0.15, -0.1) is 0 Å². The summed E-state index contributed by atoms with van der Waals surface area (Å²) in [5.74, 6) is -1.58. The van der Waals surface area contributed by atoms with Crippen LogP contribution >= 0.6 is 23.2 Å². The molecule has 39 heavy (non-hydrogen) atoms. The number of nitrogens with one attached hydrogen (secondary N) is 1. The van der Waals surface area contributed by atoms with Crippen molar-refractivity contribution in [3.63, 3.8) is 0 Å². The molecule has 0 spiro atoms. The van der Waals surface area contributed by atoms with E-state index in [1.165, 1.54) is 23.1 Å². The molecule has 7 nitrogen and oxygen atoms in total. The third kappa shape index (κ3) is 7.94. The normalized spacial score (nSPS) is 12.2. The number of nitrogens with zero attached hydrogens (tertiary/aromatic N) is 2. The average molecular weight is 595 g/mol. The molecule has 0 bridgehead atoms. The Morgan fingerprint density at radius 3 is 2.26 bits per heavy atom. The topological polar surface area (TPSA) is 86.8 Å². The molecule has 0 aromatic heterocycles. The van der Waals surface area contributed by atoms with E-state index < -0.39 is 34.3 Å². The molecule has 11 heteroatoms. The van der Waals surface area contributed by atoms with Gasteiger partial charge in [0.1, 0.15) is 18.4 Å². The lowest BCUT2D eigenvalue weighted by Gasteiger charge is -2.32. The van der Waals surface area contributed by atoms with Gasteiger partial charge in [-0.3, -0.25) is 13.9 Å². The maximum absolute atomic E-state index is 13.9. The first-order valence-electron chi connectivity index (χ1n) is 12.2. The van der Waals surface area contributed by atoms with Gasteiger partial charge in [-0.1, -0.05) is 67.4 Å². The van der Waals surface area contributed by atoms with Crippen LogP contribution in [-0.4, -0.2) is 44.3 Å². The number of halogens is 3. The predicted molar refractivity (Wildman–Crippen MR) is 152 cm³/mol. The van der Waals surface area contributed by atoms with Crippen LogP contribution in [0.4, 0.5) is 10.1 Å². The number of rotatable bonds is 11. The van der Waals surface area contributed by atoms with Crippen LogP contribution in [0.5, 0.6) is 0 Å². The molecule has 0 saturated carbocycles. The van der Waals surface area contributed by atoms with Crippen LogP contribution in [0.1, 0.15) is 26.3 Å².